The summed E-state index contributed by atoms with van der Waals surface area (Å²) >= 11 is 0. The van der Waals surface area contributed by atoms with Crippen LogP contribution < -0.4 is 15.4 Å². The van der Waals surface area contributed by atoms with Gasteiger partial charge in [-0.2, -0.15) is 0 Å². The van der Waals surface area contributed by atoms with Crippen molar-refractivity contribution in [3.05, 3.63) is 83.9 Å². The number of benzene rings is 3. The van der Waals surface area contributed by atoms with Crippen molar-refractivity contribution in [3.8, 4) is 11.1 Å². The molecule has 0 spiro atoms. The van der Waals surface area contributed by atoms with Crippen LogP contribution >= 0.6 is 0 Å². The minimum Gasteiger partial charge on any atom is -0.468 e. The number of hydrogen-bond donors (Lipinski definition) is 3. The van der Waals surface area contributed by atoms with Crippen LogP contribution in [0.5, 0.6) is 0 Å². The van der Waals surface area contributed by atoms with E-state index >= 15 is 0 Å². The van der Waals surface area contributed by atoms with Crippen LogP contribution in [-0.4, -0.2) is 46.0 Å². The van der Waals surface area contributed by atoms with Crippen molar-refractivity contribution in [2.24, 2.45) is 5.73 Å². The van der Waals surface area contributed by atoms with Gasteiger partial charge in [-0.15, -0.1) is 0 Å². The summed E-state index contributed by atoms with van der Waals surface area (Å²) in [7, 11) is -2.33. The molecule has 0 aliphatic carbocycles. The maximum atomic E-state index is 13.0. The molecule has 202 valence electrons. The highest BCUT2D eigenvalue weighted by Crippen LogP contribution is 2.28. The number of nitrogens with two attached hydrogens (primary N) is 1. The monoisotopic (exact) mass is 536 g/mol. The quantitative estimate of drug-likeness (QED) is 0.190. The van der Waals surface area contributed by atoms with Crippen LogP contribution in [0.25, 0.3) is 11.1 Å². The van der Waals surface area contributed by atoms with Crippen LogP contribution in [0.2, 0.25) is 0 Å². The fourth-order valence-electron chi connectivity index (χ4n) is 4.11. The van der Waals surface area contributed by atoms with Gasteiger partial charge in [-0.25, -0.2) is 13.1 Å². The van der Waals surface area contributed by atoms with Crippen LogP contribution in [-0.2, 0) is 26.0 Å². The molecule has 0 heterocycles. The van der Waals surface area contributed by atoms with E-state index in [0.717, 1.165) is 29.7 Å². The van der Waals surface area contributed by atoms with E-state index < -0.39 is 15.6 Å². The van der Waals surface area contributed by atoms with Gasteiger partial charge in [0.15, 0.2) is 0 Å². The van der Waals surface area contributed by atoms with Gasteiger partial charge in [-0.3, -0.25) is 10.2 Å². The molecular formula is C29H36N4O4S. The van der Waals surface area contributed by atoms with E-state index in [1.165, 1.54) is 7.11 Å². The zero-order valence-corrected chi connectivity index (χ0v) is 23.1. The van der Waals surface area contributed by atoms with Crippen molar-refractivity contribution < 1.29 is 17.9 Å². The highest BCUT2D eigenvalue weighted by molar-refractivity contribution is 7.89. The molecular weight excluding hydrogens is 500 g/mol. The van der Waals surface area contributed by atoms with E-state index in [1.54, 1.807) is 24.3 Å². The molecule has 0 fully saturated rings. The summed E-state index contributed by atoms with van der Waals surface area (Å²) in [6.07, 6.45) is 1.52. The van der Waals surface area contributed by atoms with E-state index in [-0.39, 0.29) is 23.2 Å². The summed E-state index contributed by atoms with van der Waals surface area (Å²) in [5, 5.41) is 7.70. The normalized spacial score (nSPS) is 11.7. The summed E-state index contributed by atoms with van der Waals surface area (Å²) in [6.45, 7) is 6.12. The van der Waals surface area contributed by atoms with Crippen molar-refractivity contribution in [1.29, 1.82) is 5.41 Å². The van der Waals surface area contributed by atoms with Crippen molar-refractivity contribution >= 4 is 27.5 Å². The molecule has 0 unspecified atom stereocenters. The molecule has 3 aromatic carbocycles. The third-order valence-electron chi connectivity index (χ3n) is 5.85. The largest absolute Gasteiger partial charge is 0.468 e. The number of nitrogen functional groups attached to an aromatic ring is 1. The number of anilines is 1. The molecule has 0 amide bonds. The SMILES string of the molecule is COC(=O)CN(CCCc1ccc(-c2ccccc2S(=O)(=O)NC(C)(C)C)cc1)c1cccc(C(=N)N)c1. The van der Waals surface area contributed by atoms with Gasteiger partial charge in [0, 0.05) is 28.9 Å². The molecule has 0 saturated carbocycles. The minimum absolute atomic E-state index is 0.0338. The molecule has 38 heavy (non-hydrogen) atoms. The van der Waals surface area contributed by atoms with Gasteiger partial charge in [0.25, 0.3) is 0 Å². The van der Waals surface area contributed by atoms with Crippen molar-refractivity contribution in [1.82, 2.24) is 4.72 Å². The Morgan fingerprint density at radius 1 is 1.03 bits per heavy atom. The number of esters is 1. The van der Waals surface area contributed by atoms with Crippen LogP contribution in [0.3, 0.4) is 0 Å². The maximum absolute atomic E-state index is 13.0. The smallest absolute Gasteiger partial charge is 0.325 e. The highest BCUT2D eigenvalue weighted by atomic mass is 32.2. The highest BCUT2D eigenvalue weighted by Gasteiger charge is 2.24. The first-order valence-electron chi connectivity index (χ1n) is 12.4. The van der Waals surface area contributed by atoms with Gasteiger partial charge >= 0.3 is 5.97 Å². The summed E-state index contributed by atoms with van der Waals surface area (Å²) in [5.41, 5.74) is 8.98. The lowest BCUT2D eigenvalue weighted by Crippen LogP contribution is -2.40. The third kappa shape index (κ3) is 7.90. The van der Waals surface area contributed by atoms with Crippen LogP contribution in [0, 0.1) is 5.41 Å². The first kappa shape index (κ1) is 28.9. The number of hydrogen-bond acceptors (Lipinski definition) is 6. The number of rotatable bonds is 11. The number of carbonyl (C=O) groups is 1. The summed E-state index contributed by atoms with van der Waals surface area (Å²) in [4.78, 5) is 14.2. The second-order valence-electron chi connectivity index (χ2n) is 10.1. The molecule has 0 atom stereocenters. The molecule has 0 aromatic heterocycles. The van der Waals surface area contributed by atoms with Gasteiger partial charge in [0.05, 0.1) is 12.0 Å². The number of sulfonamides is 1. The molecule has 0 bridgehead atoms. The van der Waals surface area contributed by atoms with Gasteiger partial charge < -0.3 is 15.4 Å². The number of nitrogens with one attached hydrogen (secondary N) is 2. The molecule has 0 saturated heterocycles. The Bertz CT molecular complexity index is 1380. The fourth-order valence-corrected chi connectivity index (χ4v) is 5.76. The van der Waals surface area contributed by atoms with E-state index in [4.69, 9.17) is 15.9 Å². The summed E-state index contributed by atoms with van der Waals surface area (Å²) < 4.78 is 33.6. The summed E-state index contributed by atoms with van der Waals surface area (Å²) in [5.74, 6) is -0.384. The van der Waals surface area contributed by atoms with E-state index in [1.807, 2.05) is 74.2 Å². The Hall–Kier alpha value is -3.69. The topological polar surface area (TPSA) is 126 Å². The van der Waals surface area contributed by atoms with Crippen LogP contribution in [0.4, 0.5) is 5.69 Å². The van der Waals surface area contributed by atoms with E-state index in [9.17, 15) is 13.2 Å². The summed E-state index contributed by atoms with van der Waals surface area (Å²) in [6, 6.07) is 22.1. The van der Waals surface area contributed by atoms with Crippen molar-refractivity contribution in [2.45, 2.75) is 44.0 Å². The Morgan fingerprint density at radius 2 is 1.71 bits per heavy atom. The first-order chi connectivity index (χ1) is 17.9. The Kier molecular flexibility index (Phi) is 9.30. The molecule has 0 aliphatic rings. The van der Waals surface area contributed by atoms with E-state index in [0.29, 0.717) is 17.7 Å². The number of ether oxygens (including phenoxy) is 1. The minimum atomic E-state index is -3.69. The van der Waals surface area contributed by atoms with Crippen LogP contribution in [0.15, 0.2) is 77.7 Å². The molecule has 9 heteroatoms. The average Bonchev–Trinajstić information content (AvgIpc) is 2.87. The average molecular weight is 537 g/mol. The fraction of sp³-hybridized carbons (Fsp3) is 0.310. The van der Waals surface area contributed by atoms with Gasteiger partial charge in [-0.05, 0) is 62.9 Å². The predicted octanol–water partition coefficient (Wildman–Crippen LogP) is 4.33. The Labute approximate surface area is 225 Å². The second kappa shape index (κ2) is 12.2. The number of nitrogens with zero attached hydrogens (tertiary/aromatic N) is 1. The van der Waals surface area contributed by atoms with Crippen molar-refractivity contribution in [2.75, 3.05) is 25.1 Å². The number of carbonyl (C=O) groups excluding carboxylic acids is 1. The predicted molar refractivity (Wildman–Crippen MR) is 152 cm³/mol. The second-order valence-corrected chi connectivity index (χ2v) is 11.8. The third-order valence-corrected chi connectivity index (χ3v) is 7.66. The number of methoxy groups -OCH3 is 1. The number of aryl methyl sites for hydroxylation is 1. The van der Waals surface area contributed by atoms with Gasteiger partial charge in [-0.1, -0.05) is 54.6 Å². The molecule has 3 rings (SSSR count). The van der Waals surface area contributed by atoms with Crippen molar-refractivity contribution in [3.63, 3.8) is 0 Å². The molecule has 8 nitrogen and oxygen atoms in total. The lowest BCUT2D eigenvalue weighted by atomic mass is 10.0. The molecule has 3 aromatic rings. The Balaban J connectivity index is 1.74. The van der Waals surface area contributed by atoms with Gasteiger partial charge in [0.2, 0.25) is 10.0 Å². The maximum Gasteiger partial charge on any atom is 0.325 e. The zero-order valence-electron chi connectivity index (χ0n) is 22.3. The standard InChI is InChI=1S/C29H36N4O4S/c1-29(2,3)32-38(35,36)26-13-6-5-12-25(26)22-16-14-21(15-17-22)9-8-18-33(20-27(34)37-4)24-11-7-10-23(19-24)28(30)31/h5-7,10-17,19,32H,8-9,18,20H2,1-4H3,(H3,30,31). The Morgan fingerprint density at radius 3 is 2.34 bits per heavy atom. The molecule has 4 N–H and O–H groups in total. The number of amidine groups is 1. The van der Waals surface area contributed by atoms with Crippen LogP contribution in [0.1, 0.15) is 38.3 Å². The van der Waals surface area contributed by atoms with E-state index in [2.05, 4.69) is 4.72 Å². The first-order valence-corrected chi connectivity index (χ1v) is 13.9. The molecule has 0 aliphatic heterocycles. The molecule has 0 radical (unpaired) electrons. The zero-order chi connectivity index (χ0) is 27.9. The lowest BCUT2D eigenvalue weighted by Gasteiger charge is -2.24. The lowest BCUT2D eigenvalue weighted by molar-refractivity contribution is -0.138. The van der Waals surface area contributed by atoms with Gasteiger partial charge in [0.1, 0.15) is 12.4 Å².